The summed E-state index contributed by atoms with van der Waals surface area (Å²) in [5, 5.41) is 6.67. The number of nitrogens with one attached hydrogen (secondary N) is 2. The standard InChI is InChI=1S/C23H34ClN3O3/c1-16(2)13-21(26-22(28)18-3-5-19(24)6-4-18)23(29)25-20-7-10-27(11-8-20)14-17-9-12-30-15-17/h3-6,16-17,20-21H,7-15H2,1-2H3,(H,25,29)(H,26,28). The zero-order chi connectivity index (χ0) is 21.5. The van der Waals surface area contributed by atoms with Crippen LogP contribution in [0.1, 0.15) is 49.9 Å². The van der Waals surface area contributed by atoms with E-state index in [2.05, 4.69) is 29.4 Å². The summed E-state index contributed by atoms with van der Waals surface area (Å²) < 4.78 is 5.48. The van der Waals surface area contributed by atoms with E-state index in [9.17, 15) is 9.59 Å². The first kappa shape index (κ1) is 23.0. The van der Waals surface area contributed by atoms with Gasteiger partial charge in [-0.1, -0.05) is 25.4 Å². The summed E-state index contributed by atoms with van der Waals surface area (Å²) in [5.74, 6) is 0.603. The van der Waals surface area contributed by atoms with Crippen molar-refractivity contribution in [1.29, 1.82) is 0 Å². The maximum absolute atomic E-state index is 13.0. The Kier molecular flexibility index (Phi) is 8.54. The van der Waals surface area contributed by atoms with E-state index >= 15 is 0 Å². The van der Waals surface area contributed by atoms with Gasteiger partial charge in [0.25, 0.3) is 5.91 Å². The van der Waals surface area contributed by atoms with Crippen molar-refractivity contribution in [2.75, 3.05) is 32.8 Å². The molecule has 0 bridgehead atoms. The Labute approximate surface area is 184 Å². The van der Waals surface area contributed by atoms with E-state index < -0.39 is 6.04 Å². The van der Waals surface area contributed by atoms with Gasteiger partial charge in [-0.25, -0.2) is 0 Å². The van der Waals surface area contributed by atoms with Gasteiger partial charge in [-0.05, 0) is 61.8 Å². The van der Waals surface area contributed by atoms with Gasteiger partial charge in [0.1, 0.15) is 6.04 Å². The molecule has 0 aliphatic carbocycles. The summed E-state index contributed by atoms with van der Waals surface area (Å²) in [7, 11) is 0. The molecular formula is C23H34ClN3O3. The predicted molar refractivity (Wildman–Crippen MR) is 119 cm³/mol. The third kappa shape index (κ3) is 6.96. The number of halogens is 1. The molecule has 2 amide bonds. The average Bonchev–Trinajstić information content (AvgIpc) is 3.22. The van der Waals surface area contributed by atoms with Crippen molar-refractivity contribution >= 4 is 23.4 Å². The highest BCUT2D eigenvalue weighted by molar-refractivity contribution is 6.30. The molecule has 166 valence electrons. The molecule has 0 radical (unpaired) electrons. The molecule has 2 saturated heterocycles. The molecule has 7 heteroatoms. The normalized spacial score (nSPS) is 21.5. The van der Waals surface area contributed by atoms with Gasteiger partial charge >= 0.3 is 0 Å². The van der Waals surface area contributed by atoms with Crippen molar-refractivity contribution in [3.8, 4) is 0 Å². The van der Waals surface area contributed by atoms with E-state index in [1.54, 1.807) is 24.3 Å². The van der Waals surface area contributed by atoms with Crippen LogP contribution in [-0.4, -0.2) is 61.6 Å². The third-order valence-corrected chi connectivity index (χ3v) is 6.16. The minimum Gasteiger partial charge on any atom is -0.381 e. The minimum atomic E-state index is -0.540. The van der Waals surface area contributed by atoms with E-state index in [0.717, 1.165) is 52.1 Å². The van der Waals surface area contributed by atoms with Crippen LogP contribution in [0.25, 0.3) is 0 Å². The molecule has 3 rings (SSSR count). The second kappa shape index (κ2) is 11.1. The van der Waals surface area contributed by atoms with E-state index in [4.69, 9.17) is 16.3 Å². The number of rotatable bonds is 8. The number of nitrogens with zero attached hydrogens (tertiary/aromatic N) is 1. The predicted octanol–water partition coefficient (Wildman–Crippen LogP) is 3.10. The Hall–Kier alpha value is -1.63. The highest BCUT2D eigenvalue weighted by Gasteiger charge is 2.28. The first-order chi connectivity index (χ1) is 14.4. The van der Waals surface area contributed by atoms with Crippen LogP contribution in [0.15, 0.2) is 24.3 Å². The summed E-state index contributed by atoms with van der Waals surface area (Å²) in [6.45, 7) is 8.95. The zero-order valence-electron chi connectivity index (χ0n) is 18.0. The van der Waals surface area contributed by atoms with Crippen molar-refractivity contribution < 1.29 is 14.3 Å². The molecule has 2 heterocycles. The Morgan fingerprint density at radius 1 is 1.17 bits per heavy atom. The maximum Gasteiger partial charge on any atom is 0.251 e. The van der Waals surface area contributed by atoms with Crippen LogP contribution in [0.5, 0.6) is 0 Å². The molecule has 0 spiro atoms. The Morgan fingerprint density at radius 3 is 2.47 bits per heavy atom. The molecule has 0 aromatic heterocycles. The fourth-order valence-corrected chi connectivity index (χ4v) is 4.33. The lowest BCUT2D eigenvalue weighted by Gasteiger charge is -2.34. The van der Waals surface area contributed by atoms with Gasteiger partial charge in [-0.15, -0.1) is 0 Å². The topological polar surface area (TPSA) is 70.7 Å². The lowest BCUT2D eigenvalue weighted by atomic mass is 9.99. The summed E-state index contributed by atoms with van der Waals surface area (Å²) in [4.78, 5) is 28.0. The van der Waals surface area contributed by atoms with Crippen molar-refractivity contribution in [3.05, 3.63) is 34.9 Å². The second-order valence-corrected chi connectivity index (χ2v) is 9.41. The van der Waals surface area contributed by atoms with Crippen LogP contribution < -0.4 is 10.6 Å². The van der Waals surface area contributed by atoms with E-state index in [-0.39, 0.29) is 17.9 Å². The summed E-state index contributed by atoms with van der Waals surface area (Å²) in [5.41, 5.74) is 0.505. The van der Waals surface area contributed by atoms with Gasteiger partial charge in [-0.2, -0.15) is 0 Å². The highest BCUT2D eigenvalue weighted by Crippen LogP contribution is 2.18. The second-order valence-electron chi connectivity index (χ2n) is 8.98. The summed E-state index contributed by atoms with van der Waals surface area (Å²) in [6.07, 6.45) is 3.64. The van der Waals surface area contributed by atoms with Gasteiger partial charge in [0.2, 0.25) is 5.91 Å². The third-order valence-electron chi connectivity index (χ3n) is 5.91. The van der Waals surface area contributed by atoms with Gasteiger partial charge in [0, 0.05) is 42.9 Å². The van der Waals surface area contributed by atoms with Crippen molar-refractivity contribution in [1.82, 2.24) is 15.5 Å². The molecule has 2 aliphatic rings. The van der Waals surface area contributed by atoms with E-state index in [0.29, 0.717) is 28.8 Å². The molecule has 6 nitrogen and oxygen atoms in total. The lowest BCUT2D eigenvalue weighted by Crippen LogP contribution is -2.52. The number of ether oxygens (including phenoxy) is 1. The number of carbonyl (C=O) groups is 2. The number of carbonyl (C=O) groups excluding carboxylic acids is 2. The summed E-state index contributed by atoms with van der Waals surface area (Å²) in [6, 6.07) is 6.33. The monoisotopic (exact) mass is 435 g/mol. The van der Waals surface area contributed by atoms with Crippen LogP contribution in [-0.2, 0) is 9.53 Å². The number of likely N-dealkylation sites (tertiary alicyclic amines) is 1. The highest BCUT2D eigenvalue weighted by atomic mass is 35.5. The fourth-order valence-electron chi connectivity index (χ4n) is 4.20. The molecule has 30 heavy (non-hydrogen) atoms. The van der Waals surface area contributed by atoms with E-state index in [1.807, 2.05) is 0 Å². The van der Waals surface area contributed by atoms with Crippen molar-refractivity contribution in [3.63, 3.8) is 0 Å². The smallest absolute Gasteiger partial charge is 0.251 e. The number of amides is 2. The molecule has 1 aromatic rings. The molecule has 2 unspecified atom stereocenters. The number of hydrogen-bond donors (Lipinski definition) is 2. The molecule has 2 fully saturated rings. The molecule has 2 aliphatic heterocycles. The Bertz CT molecular complexity index is 696. The number of hydrogen-bond acceptors (Lipinski definition) is 4. The maximum atomic E-state index is 13.0. The lowest BCUT2D eigenvalue weighted by molar-refractivity contribution is -0.124. The van der Waals surface area contributed by atoms with Crippen LogP contribution in [0.2, 0.25) is 5.02 Å². The molecule has 2 atom stereocenters. The van der Waals surface area contributed by atoms with Crippen LogP contribution in [0, 0.1) is 11.8 Å². The Balaban J connectivity index is 1.49. The SMILES string of the molecule is CC(C)CC(NC(=O)c1ccc(Cl)cc1)C(=O)NC1CCN(CC2CCOC2)CC1. The molecule has 2 N–H and O–H groups in total. The van der Waals surface area contributed by atoms with E-state index in [1.165, 1.54) is 0 Å². The quantitative estimate of drug-likeness (QED) is 0.658. The molecule has 0 saturated carbocycles. The Morgan fingerprint density at radius 2 is 1.87 bits per heavy atom. The molecule has 1 aromatic carbocycles. The zero-order valence-corrected chi connectivity index (χ0v) is 18.8. The average molecular weight is 436 g/mol. The van der Waals surface area contributed by atoms with Gasteiger partial charge in [0.15, 0.2) is 0 Å². The van der Waals surface area contributed by atoms with Crippen molar-refractivity contribution in [2.45, 2.75) is 51.6 Å². The summed E-state index contributed by atoms with van der Waals surface area (Å²) >= 11 is 5.90. The van der Waals surface area contributed by atoms with Crippen LogP contribution in [0.4, 0.5) is 0 Å². The van der Waals surface area contributed by atoms with Crippen LogP contribution in [0.3, 0.4) is 0 Å². The fraction of sp³-hybridized carbons (Fsp3) is 0.652. The first-order valence-corrected chi connectivity index (χ1v) is 11.5. The molecular weight excluding hydrogens is 402 g/mol. The largest absolute Gasteiger partial charge is 0.381 e. The van der Waals surface area contributed by atoms with Gasteiger partial charge in [0.05, 0.1) is 6.61 Å². The number of piperidine rings is 1. The first-order valence-electron chi connectivity index (χ1n) is 11.1. The van der Waals surface area contributed by atoms with Gasteiger partial charge < -0.3 is 20.3 Å². The van der Waals surface area contributed by atoms with Gasteiger partial charge in [-0.3, -0.25) is 9.59 Å². The number of benzene rings is 1. The van der Waals surface area contributed by atoms with Crippen LogP contribution >= 0.6 is 11.6 Å². The minimum absolute atomic E-state index is 0.0892. The van der Waals surface area contributed by atoms with Crippen molar-refractivity contribution in [2.24, 2.45) is 11.8 Å².